The largest absolute Gasteiger partial charge is 0.461 e. The molecule has 3 aromatic rings. The first-order chi connectivity index (χ1) is 8.88. The van der Waals surface area contributed by atoms with Gasteiger partial charge in [-0.15, -0.1) is 11.3 Å². The highest BCUT2D eigenvalue weighted by atomic mass is 32.1. The molecule has 5 nitrogen and oxygen atoms in total. The van der Waals surface area contributed by atoms with E-state index >= 15 is 0 Å². The predicted molar refractivity (Wildman–Crippen MR) is 70.7 cm³/mol. The smallest absolute Gasteiger partial charge is 0.198 e. The first kappa shape index (κ1) is 11.2. The topological polar surface area (TPSA) is 71.2 Å². The monoisotopic (exact) mass is 261 g/mol. The molecule has 0 radical (unpaired) electrons. The minimum absolute atomic E-state index is 0.0625. The molecule has 0 spiro atoms. The fourth-order valence-electron chi connectivity index (χ4n) is 1.67. The summed E-state index contributed by atoms with van der Waals surface area (Å²) in [6.45, 7) is 0.522. The van der Waals surface area contributed by atoms with Crippen LogP contribution in [-0.2, 0) is 0 Å². The normalized spacial score (nSPS) is 10.9. The summed E-state index contributed by atoms with van der Waals surface area (Å²) in [6.07, 6.45) is 1.59. The summed E-state index contributed by atoms with van der Waals surface area (Å²) in [5.74, 6) is 1.91. The molecule has 0 aromatic carbocycles. The van der Waals surface area contributed by atoms with Crippen LogP contribution in [0.3, 0.4) is 0 Å². The number of anilines is 1. The van der Waals surface area contributed by atoms with Crippen LogP contribution in [0.1, 0.15) is 0 Å². The van der Waals surface area contributed by atoms with Gasteiger partial charge in [-0.05, 0) is 23.6 Å². The van der Waals surface area contributed by atoms with Crippen molar-refractivity contribution < 1.29 is 9.52 Å². The van der Waals surface area contributed by atoms with Gasteiger partial charge in [0.25, 0.3) is 0 Å². The average Bonchev–Trinajstić information content (AvgIpc) is 3.05. The van der Waals surface area contributed by atoms with E-state index in [2.05, 4.69) is 15.3 Å². The van der Waals surface area contributed by atoms with Crippen molar-refractivity contribution in [2.24, 2.45) is 0 Å². The van der Waals surface area contributed by atoms with Gasteiger partial charge >= 0.3 is 0 Å². The van der Waals surface area contributed by atoms with Gasteiger partial charge in [-0.25, -0.2) is 9.97 Å². The fraction of sp³-hybridized carbons (Fsp3) is 0.167. The highest BCUT2D eigenvalue weighted by Gasteiger charge is 2.11. The Morgan fingerprint density at radius 2 is 2.28 bits per heavy atom. The summed E-state index contributed by atoms with van der Waals surface area (Å²) < 4.78 is 6.29. The number of nitrogens with zero attached hydrogens (tertiary/aromatic N) is 2. The number of aromatic nitrogens is 2. The van der Waals surface area contributed by atoms with E-state index < -0.39 is 0 Å². The second kappa shape index (κ2) is 4.75. The maximum atomic E-state index is 8.88. The molecule has 3 heterocycles. The third kappa shape index (κ3) is 1.96. The molecule has 0 aliphatic heterocycles. The lowest BCUT2D eigenvalue weighted by Crippen LogP contribution is -2.07. The quantitative estimate of drug-likeness (QED) is 0.754. The van der Waals surface area contributed by atoms with E-state index in [0.29, 0.717) is 18.1 Å². The van der Waals surface area contributed by atoms with Crippen LogP contribution >= 0.6 is 11.3 Å². The Morgan fingerprint density at radius 1 is 1.33 bits per heavy atom. The number of aliphatic hydroxyl groups excluding tert-OH is 1. The Bertz CT molecular complexity index is 648. The van der Waals surface area contributed by atoms with Gasteiger partial charge in [0.15, 0.2) is 11.6 Å². The van der Waals surface area contributed by atoms with Gasteiger partial charge in [-0.3, -0.25) is 0 Å². The molecule has 0 amide bonds. The third-order valence-corrected chi connectivity index (χ3v) is 3.36. The van der Waals surface area contributed by atoms with Crippen LogP contribution in [0.15, 0.2) is 34.3 Å². The van der Waals surface area contributed by atoms with Crippen LogP contribution in [0.5, 0.6) is 0 Å². The molecule has 2 N–H and O–H groups in total. The summed E-state index contributed by atoms with van der Waals surface area (Å²) in [7, 11) is 0. The van der Waals surface area contributed by atoms with E-state index in [1.165, 1.54) is 0 Å². The molecule has 3 aromatic heterocycles. The minimum Gasteiger partial charge on any atom is -0.461 e. The number of fused-ring (bicyclic) bond motifs is 1. The van der Waals surface area contributed by atoms with Crippen LogP contribution in [0.2, 0.25) is 0 Å². The Kier molecular flexibility index (Phi) is 2.95. The Balaban J connectivity index is 2.11. The summed E-state index contributed by atoms with van der Waals surface area (Å²) in [6, 6.07) is 5.57. The number of hydrogen-bond acceptors (Lipinski definition) is 6. The zero-order valence-corrected chi connectivity index (χ0v) is 10.3. The fourth-order valence-corrected chi connectivity index (χ4v) is 2.47. The molecule has 0 aliphatic carbocycles. The van der Waals surface area contributed by atoms with Gasteiger partial charge in [0.05, 0.1) is 23.1 Å². The number of nitrogens with one attached hydrogen (secondary N) is 1. The number of rotatable bonds is 4. The van der Waals surface area contributed by atoms with Crippen molar-refractivity contribution in [3.63, 3.8) is 0 Å². The molecule has 0 atom stereocenters. The summed E-state index contributed by atoms with van der Waals surface area (Å²) in [5, 5.41) is 13.9. The van der Waals surface area contributed by atoms with Crippen molar-refractivity contribution in [2.45, 2.75) is 0 Å². The molecule has 6 heteroatoms. The van der Waals surface area contributed by atoms with E-state index in [4.69, 9.17) is 9.52 Å². The highest BCUT2D eigenvalue weighted by Crippen LogP contribution is 2.28. The Labute approximate surface area is 107 Å². The molecule has 0 bridgehead atoms. The van der Waals surface area contributed by atoms with Crippen LogP contribution < -0.4 is 5.32 Å². The lowest BCUT2D eigenvalue weighted by Gasteiger charge is -2.06. The van der Waals surface area contributed by atoms with Gasteiger partial charge in [0, 0.05) is 6.54 Å². The van der Waals surface area contributed by atoms with Crippen molar-refractivity contribution in [1.29, 1.82) is 0 Å². The molecule has 0 fully saturated rings. The van der Waals surface area contributed by atoms with Gasteiger partial charge in [0.1, 0.15) is 5.82 Å². The molecule has 18 heavy (non-hydrogen) atoms. The first-order valence-electron chi connectivity index (χ1n) is 5.52. The van der Waals surface area contributed by atoms with Crippen LogP contribution in [0, 0.1) is 0 Å². The average molecular weight is 261 g/mol. The maximum Gasteiger partial charge on any atom is 0.198 e. The van der Waals surface area contributed by atoms with Crippen molar-refractivity contribution in [3.05, 3.63) is 29.8 Å². The SMILES string of the molecule is OCCNc1nc(-c2ccco2)nc2ccsc12. The maximum absolute atomic E-state index is 8.88. The summed E-state index contributed by atoms with van der Waals surface area (Å²) in [4.78, 5) is 8.89. The van der Waals surface area contributed by atoms with Crippen molar-refractivity contribution in [3.8, 4) is 11.6 Å². The van der Waals surface area contributed by atoms with Crippen LogP contribution in [0.4, 0.5) is 5.82 Å². The summed E-state index contributed by atoms with van der Waals surface area (Å²) >= 11 is 1.57. The molecular formula is C12H11N3O2S. The molecule has 0 aliphatic rings. The Morgan fingerprint density at radius 3 is 3.06 bits per heavy atom. The number of aliphatic hydroxyl groups is 1. The van der Waals surface area contributed by atoms with E-state index in [1.807, 2.05) is 17.5 Å². The number of hydrogen-bond donors (Lipinski definition) is 2. The number of furan rings is 1. The second-order valence-corrected chi connectivity index (χ2v) is 4.57. The van der Waals surface area contributed by atoms with Crippen molar-refractivity contribution in [1.82, 2.24) is 9.97 Å². The molecule has 3 rings (SSSR count). The van der Waals surface area contributed by atoms with Gasteiger partial charge in [0.2, 0.25) is 0 Å². The zero-order chi connectivity index (χ0) is 12.4. The number of thiophene rings is 1. The lowest BCUT2D eigenvalue weighted by atomic mass is 10.3. The highest BCUT2D eigenvalue weighted by molar-refractivity contribution is 7.17. The van der Waals surface area contributed by atoms with E-state index in [9.17, 15) is 0 Å². The molecular weight excluding hydrogens is 250 g/mol. The predicted octanol–water partition coefficient (Wildman–Crippen LogP) is 2.36. The third-order valence-electron chi connectivity index (χ3n) is 2.45. The minimum atomic E-state index is 0.0625. The van der Waals surface area contributed by atoms with E-state index in [0.717, 1.165) is 16.0 Å². The molecule has 0 unspecified atom stereocenters. The van der Waals surface area contributed by atoms with Crippen LogP contribution in [0.25, 0.3) is 21.8 Å². The zero-order valence-electron chi connectivity index (χ0n) is 9.46. The van der Waals surface area contributed by atoms with Crippen molar-refractivity contribution in [2.75, 3.05) is 18.5 Å². The standard InChI is InChI=1S/C12H11N3O2S/c16-5-4-13-12-10-8(3-7-18-10)14-11(15-12)9-2-1-6-17-9/h1-3,6-7,16H,4-5H2,(H,13,14,15). The van der Waals surface area contributed by atoms with Gasteiger partial charge < -0.3 is 14.8 Å². The lowest BCUT2D eigenvalue weighted by molar-refractivity contribution is 0.311. The first-order valence-corrected chi connectivity index (χ1v) is 6.40. The molecule has 0 saturated carbocycles. The summed E-state index contributed by atoms with van der Waals surface area (Å²) in [5.41, 5.74) is 0.877. The van der Waals surface area contributed by atoms with Crippen LogP contribution in [-0.4, -0.2) is 28.2 Å². The van der Waals surface area contributed by atoms with E-state index in [-0.39, 0.29) is 6.61 Å². The molecule has 92 valence electrons. The van der Waals surface area contributed by atoms with Gasteiger partial charge in [-0.1, -0.05) is 0 Å². The van der Waals surface area contributed by atoms with Crippen molar-refractivity contribution >= 4 is 27.4 Å². The van der Waals surface area contributed by atoms with Gasteiger partial charge in [-0.2, -0.15) is 0 Å². The molecule has 0 saturated heterocycles. The van der Waals surface area contributed by atoms with E-state index in [1.54, 1.807) is 23.7 Å². The second-order valence-electron chi connectivity index (χ2n) is 3.66. The Hall–Kier alpha value is -1.92.